The number of likely N-dealkylation sites (tertiary alicyclic amines) is 1. The highest BCUT2D eigenvalue weighted by molar-refractivity contribution is 7.18. The average molecular weight is 326 g/mol. The number of amides is 1. The van der Waals surface area contributed by atoms with Crippen LogP contribution in [-0.2, 0) is 0 Å². The van der Waals surface area contributed by atoms with Gasteiger partial charge in [-0.25, -0.2) is 4.98 Å². The van der Waals surface area contributed by atoms with E-state index in [1.165, 1.54) is 9.71 Å². The largest absolute Gasteiger partial charge is 0.459 e. The Hall–Kier alpha value is -2.14. The van der Waals surface area contributed by atoms with Crippen LogP contribution in [0.1, 0.15) is 39.9 Å². The first-order chi connectivity index (χ1) is 11.2. The van der Waals surface area contributed by atoms with Crippen molar-refractivity contribution in [2.45, 2.75) is 25.7 Å². The van der Waals surface area contributed by atoms with Gasteiger partial charge in [0.1, 0.15) is 0 Å². The third-order valence-corrected chi connectivity index (χ3v) is 5.70. The first-order valence-electron chi connectivity index (χ1n) is 7.91. The number of benzene rings is 1. The second kappa shape index (κ2) is 5.81. The van der Waals surface area contributed by atoms with E-state index in [9.17, 15) is 4.79 Å². The van der Waals surface area contributed by atoms with Gasteiger partial charge in [0, 0.05) is 24.6 Å². The van der Waals surface area contributed by atoms with Gasteiger partial charge >= 0.3 is 0 Å². The van der Waals surface area contributed by atoms with E-state index in [4.69, 9.17) is 9.40 Å². The first kappa shape index (κ1) is 14.5. The van der Waals surface area contributed by atoms with E-state index >= 15 is 0 Å². The van der Waals surface area contributed by atoms with Crippen LogP contribution < -0.4 is 0 Å². The zero-order valence-electron chi connectivity index (χ0n) is 13.0. The molecule has 1 saturated heterocycles. The number of aryl methyl sites for hydroxylation is 1. The topological polar surface area (TPSA) is 46.3 Å². The minimum atomic E-state index is 0.00949. The fraction of sp³-hybridized carbons (Fsp3) is 0.333. The predicted octanol–water partition coefficient (Wildman–Crippen LogP) is 4.22. The zero-order valence-corrected chi connectivity index (χ0v) is 13.8. The molecule has 0 unspecified atom stereocenters. The van der Waals surface area contributed by atoms with Gasteiger partial charge in [0.2, 0.25) is 0 Å². The second-order valence-electron chi connectivity index (χ2n) is 6.02. The molecule has 0 aliphatic carbocycles. The molecule has 3 heterocycles. The summed E-state index contributed by atoms with van der Waals surface area (Å²) in [6.45, 7) is 3.43. The standard InChI is InChI=1S/C18H18N2O2S/c1-12-8-11-22-16(12)18(21)20-9-6-13(7-10-20)17-19-14-4-2-3-5-15(14)23-17/h2-5,8,11,13H,6-7,9-10H2,1H3. The third kappa shape index (κ3) is 2.65. The molecule has 4 nitrogen and oxygen atoms in total. The highest BCUT2D eigenvalue weighted by Crippen LogP contribution is 2.34. The number of rotatable bonds is 2. The number of aromatic nitrogens is 1. The maximum Gasteiger partial charge on any atom is 0.289 e. The summed E-state index contributed by atoms with van der Waals surface area (Å²) >= 11 is 1.78. The van der Waals surface area contributed by atoms with Crippen molar-refractivity contribution in [1.29, 1.82) is 0 Å². The zero-order chi connectivity index (χ0) is 15.8. The average Bonchev–Trinajstić information content (AvgIpc) is 3.20. The van der Waals surface area contributed by atoms with Gasteiger partial charge in [0.05, 0.1) is 21.5 Å². The summed E-state index contributed by atoms with van der Waals surface area (Å²) in [6, 6.07) is 10.1. The molecule has 1 fully saturated rings. The number of furan rings is 1. The number of carbonyl (C=O) groups excluding carboxylic acids is 1. The van der Waals surface area contributed by atoms with Crippen LogP contribution in [0.3, 0.4) is 0 Å². The van der Waals surface area contributed by atoms with Crippen molar-refractivity contribution in [3.8, 4) is 0 Å². The number of fused-ring (bicyclic) bond motifs is 1. The van der Waals surface area contributed by atoms with Crippen molar-refractivity contribution in [3.63, 3.8) is 0 Å². The van der Waals surface area contributed by atoms with Crippen molar-refractivity contribution in [2.24, 2.45) is 0 Å². The highest BCUT2D eigenvalue weighted by atomic mass is 32.1. The summed E-state index contributed by atoms with van der Waals surface area (Å²) in [5.41, 5.74) is 1.99. The Morgan fingerprint density at radius 3 is 2.74 bits per heavy atom. The Bertz CT molecular complexity index is 810. The normalized spacial score (nSPS) is 16.1. The molecule has 118 valence electrons. The predicted molar refractivity (Wildman–Crippen MR) is 90.9 cm³/mol. The lowest BCUT2D eigenvalue weighted by Gasteiger charge is -2.30. The number of thiazole rings is 1. The van der Waals surface area contributed by atoms with E-state index in [1.54, 1.807) is 17.6 Å². The van der Waals surface area contributed by atoms with Crippen molar-refractivity contribution in [3.05, 3.63) is 52.9 Å². The number of hydrogen-bond acceptors (Lipinski definition) is 4. The summed E-state index contributed by atoms with van der Waals surface area (Å²) in [4.78, 5) is 19.2. The van der Waals surface area contributed by atoms with Crippen molar-refractivity contribution >= 4 is 27.5 Å². The molecule has 2 aromatic heterocycles. The first-order valence-corrected chi connectivity index (χ1v) is 8.73. The number of carbonyl (C=O) groups is 1. The fourth-order valence-electron chi connectivity index (χ4n) is 3.13. The SMILES string of the molecule is Cc1ccoc1C(=O)N1CCC(c2nc3ccccc3s2)CC1. The number of hydrogen-bond donors (Lipinski definition) is 0. The molecule has 1 aliphatic heterocycles. The Labute approximate surface area is 138 Å². The monoisotopic (exact) mass is 326 g/mol. The maximum atomic E-state index is 12.5. The van der Waals surface area contributed by atoms with E-state index in [0.29, 0.717) is 11.7 Å². The van der Waals surface area contributed by atoms with Crippen LogP contribution in [0, 0.1) is 6.92 Å². The third-order valence-electron chi connectivity index (χ3n) is 4.50. The quantitative estimate of drug-likeness (QED) is 0.708. The lowest BCUT2D eigenvalue weighted by Crippen LogP contribution is -2.38. The summed E-state index contributed by atoms with van der Waals surface area (Å²) in [5, 5.41) is 1.20. The van der Waals surface area contributed by atoms with Crippen LogP contribution in [-0.4, -0.2) is 28.9 Å². The van der Waals surface area contributed by atoms with Gasteiger partial charge in [-0.3, -0.25) is 4.79 Å². The molecule has 4 rings (SSSR count). The van der Waals surface area contributed by atoms with Crippen molar-refractivity contribution in [1.82, 2.24) is 9.88 Å². The summed E-state index contributed by atoms with van der Waals surface area (Å²) in [5.74, 6) is 0.938. The van der Waals surface area contributed by atoms with E-state index in [1.807, 2.05) is 24.0 Å². The fourth-order valence-corrected chi connectivity index (χ4v) is 4.27. The second-order valence-corrected chi connectivity index (χ2v) is 7.08. The minimum Gasteiger partial charge on any atom is -0.459 e. The molecule has 1 aliphatic rings. The molecule has 0 bridgehead atoms. The molecule has 0 spiro atoms. The van der Waals surface area contributed by atoms with Gasteiger partial charge in [0.25, 0.3) is 5.91 Å². The van der Waals surface area contributed by atoms with Gasteiger partial charge < -0.3 is 9.32 Å². The van der Waals surface area contributed by atoms with E-state index < -0.39 is 0 Å². The van der Waals surface area contributed by atoms with Gasteiger partial charge in [0.15, 0.2) is 5.76 Å². The van der Waals surface area contributed by atoms with Gasteiger partial charge in [-0.2, -0.15) is 0 Å². The molecular formula is C18H18N2O2S. The lowest BCUT2D eigenvalue weighted by atomic mass is 9.97. The van der Waals surface area contributed by atoms with Crippen LogP contribution in [0.15, 0.2) is 41.0 Å². The summed E-state index contributed by atoms with van der Waals surface area (Å²) < 4.78 is 6.57. The van der Waals surface area contributed by atoms with Crippen LogP contribution in [0.2, 0.25) is 0 Å². The lowest BCUT2D eigenvalue weighted by molar-refractivity contribution is 0.0679. The number of para-hydroxylation sites is 1. The van der Waals surface area contributed by atoms with Crippen LogP contribution in [0.4, 0.5) is 0 Å². The molecule has 1 aromatic carbocycles. The summed E-state index contributed by atoms with van der Waals surface area (Å²) in [6.07, 6.45) is 3.51. The van der Waals surface area contributed by atoms with Gasteiger partial charge in [-0.05, 0) is 38.0 Å². The molecule has 0 atom stereocenters. The molecule has 23 heavy (non-hydrogen) atoms. The van der Waals surface area contributed by atoms with Crippen molar-refractivity contribution < 1.29 is 9.21 Å². The maximum absolute atomic E-state index is 12.5. The molecule has 1 amide bonds. The Morgan fingerprint density at radius 2 is 2.04 bits per heavy atom. The summed E-state index contributed by atoms with van der Waals surface area (Å²) in [7, 11) is 0. The molecule has 0 radical (unpaired) electrons. The smallest absolute Gasteiger partial charge is 0.289 e. The molecule has 0 saturated carbocycles. The minimum absolute atomic E-state index is 0.00949. The molecular weight excluding hydrogens is 308 g/mol. The van der Waals surface area contributed by atoms with Gasteiger partial charge in [-0.15, -0.1) is 11.3 Å². The van der Waals surface area contributed by atoms with Gasteiger partial charge in [-0.1, -0.05) is 12.1 Å². The number of nitrogens with zero attached hydrogens (tertiary/aromatic N) is 2. The van der Waals surface area contributed by atoms with Crippen molar-refractivity contribution in [2.75, 3.05) is 13.1 Å². The van der Waals surface area contributed by atoms with E-state index in [2.05, 4.69) is 18.2 Å². The molecule has 0 N–H and O–H groups in total. The highest BCUT2D eigenvalue weighted by Gasteiger charge is 2.28. The molecule has 5 heteroatoms. The van der Waals surface area contributed by atoms with Crippen LogP contribution >= 0.6 is 11.3 Å². The Morgan fingerprint density at radius 1 is 1.26 bits per heavy atom. The number of piperidine rings is 1. The van der Waals surface area contributed by atoms with E-state index in [0.717, 1.165) is 37.0 Å². The van der Waals surface area contributed by atoms with E-state index in [-0.39, 0.29) is 5.91 Å². The van der Waals surface area contributed by atoms with Crippen LogP contribution in [0.25, 0.3) is 10.2 Å². The molecule has 3 aromatic rings. The Kier molecular flexibility index (Phi) is 3.65. The Balaban J connectivity index is 1.46. The van der Waals surface area contributed by atoms with Crippen LogP contribution in [0.5, 0.6) is 0 Å².